The molecule has 0 saturated carbocycles. The first-order valence-corrected chi connectivity index (χ1v) is 5.29. The number of hydrogen-bond acceptors (Lipinski definition) is 2. The van der Waals surface area contributed by atoms with Crippen LogP contribution in [0.2, 0.25) is 0 Å². The lowest BCUT2D eigenvalue weighted by Crippen LogP contribution is -2.28. The van der Waals surface area contributed by atoms with E-state index in [9.17, 15) is 18.0 Å². The molecule has 0 aliphatic rings. The normalized spacial score (nSPS) is 13.5. The van der Waals surface area contributed by atoms with Gasteiger partial charge in [-0.25, -0.2) is 0 Å². The van der Waals surface area contributed by atoms with Gasteiger partial charge < -0.3 is 14.8 Å². The average Bonchev–Trinajstić information content (AvgIpc) is 2.70. The fraction of sp³-hybridized carbons (Fsp3) is 0.250. The van der Waals surface area contributed by atoms with Crippen LogP contribution in [0.3, 0.4) is 0 Å². The van der Waals surface area contributed by atoms with E-state index in [1.807, 2.05) is 0 Å². The molecule has 0 spiro atoms. The highest BCUT2D eigenvalue weighted by molar-refractivity contribution is 5.90. The van der Waals surface area contributed by atoms with Crippen molar-refractivity contribution in [3.05, 3.63) is 30.0 Å². The van der Waals surface area contributed by atoms with Crippen LogP contribution in [-0.2, 0) is 4.79 Å². The van der Waals surface area contributed by atoms with Gasteiger partial charge in [-0.3, -0.25) is 4.79 Å². The molecule has 7 heteroatoms. The number of fused-ring (bicyclic) bond motifs is 1. The van der Waals surface area contributed by atoms with Gasteiger partial charge in [0.1, 0.15) is 5.75 Å². The number of carbonyl (C=O) groups is 1. The van der Waals surface area contributed by atoms with Crippen LogP contribution in [0.25, 0.3) is 10.9 Å². The number of benzene rings is 1. The van der Waals surface area contributed by atoms with Gasteiger partial charge in [0.25, 0.3) is 0 Å². The zero-order chi connectivity index (χ0) is 14.2. The number of alkyl halides is 3. The van der Waals surface area contributed by atoms with Crippen LogP contribution in [0.4, 0.5) is 13.2 Å². The minimum absolute atomic E-state index is 0.213. The number of carboxylic acids is 1. The lowest BCUT2D eigenvalue weighted by molar-refractivity contribution is -0.176. The number of aliphatic carboxylic acids is 1. The van der Waals surface area contributed by atoms with Crippen LogP contribution in [0, 0.1) is 0 Å². The lowest BCUT2D eigenvalue weighted by Gasteiger charge is -2.15. The molecular formula is C12H10F3NO3. The zero-order valence-corrected chi connectivity index (χ0v) is 9.78. The predicted molar refractivity (Wildman–Crippen MR) is 61.3 cm³/mol. The first-order chi connectivity index (χ1) is 8.84. The molecule has 2 N–H and O–H groups in total. The summed E-state index contributed by atoms with van der Waals surface area (Å²) in [6.07, 6.45) is -3.78. The van der Waals surface area contributed by atoms with Crippen molar-refractivity contribution in [2.45, 2.75) is 12.1 Å². The summed E-state index contributed by atoms with van der Waals surface area (Å²) in [5.41, 5.74) is 0.0857. The number of aromatic amines is 1. The Morgan fingerprint density at radius 3 is 2.63 bits per heavy atom. The standard InChI is InChI=1S/C12H10F3NO3/c1-19-6-2-3-7-8(5-16-9(7)4-6)10(11(17)18)12(13,14)15/h2-5,10,16H,1H3,(H,17,18). The molecule has 19 heavy (non-hydrogen) atoms. The molecule has 0 amide bonds. The Morgan fingerprint density at radius 1 is 1.42 bits per heavy atom. The van der Waals surface area contributed by atoms with Crippen LogP contribution >= 0.6 is 0 Å². The minimum atomic E-state index is -4.85. The molecule has 2 aromatic rings. The van der Waals surface area contributed by atoms with Crippen molar-refractivity contribution >= 4 is 16.9 Å². The van der Waals surface area contributed by atoms with Crippen LogP contribution in [0.1, 0.15) is 11.5 Å². The number of aromatic nitrogens is 1. The Bertz CT molecular complexity index is 618. The second kappa shape index (κ2) is 4.49. The predicted octanol–water partition coefficient (Wildman–Crippen LogP) is 2.91. The van der Waals surface area contributed by atoms with Crippen LogP contribution in [0.5, 0.6) is 5.75 Å². The molecule has 0 saturated heterocycles. The Labute approximate surface area is 105 Å². The van der Waals surface area contributed by atoms with Gasteiger partial charge in [-0.05, 0) is 12.1 Å². The van der Waals surface area contributed by atoms with Crippen LogP contribution < -0.4 is 4.74 Å². The van der Waals surface area contributed by atoms with E-state index in [4.69, 9.17) is 9.84 Å². The molecule has 4 nitrogen and oxygen atoms in total. The smallest absolute Gasteiger partial charge is 0.406 e. The molecule has 2 rings (SSSR count). The molecule has 102 valence electrons. The number of halogens is 3. The fourth-order valence-corrected chi connectivity index (χ4v) is 1.94. The van der Waals surface area contributed by atoms with E-state index in [1.54, 1.807) is 0 Å². The molecule has 0 fully saturated rings. The summed E-state index contributed by atoms with van der Waals surface area (Å²) >= 11 is 0. The van der Waals surface area contributed by atoms with Crippen molar-refractivity contribution in [2.24, 2.45) is 0 Å². The Hall–Kier alpha value is -2.18. The maximum Gasteiger partial charge on any atom is 0.406 e. The number of H-pyrrole nitrogens is 1. The van der Waals surface area contributed by atoms with Gasteiger partial charge in [-0.15, -0.1) is 0 Å². The van der Waals surface area contributed by atoms with E-state index < -0.39 is 18.1 Å². The monoisotopic (exact) mass is 273 g/mol. The molecule has 1 aromatic carbocycles. The van der Waals surface area contributed by atoms with Gasteiger partial charge in [0, 0.05) is 28.7 Å². The van der Waals surface area contributed by atoms with E-state index in [1.165, 1.54) is 25.3 Å². The number of carboxylic acid groups (broad SMARTS) is 1. The number of rotatable bonds is 3. The van der Waals surface area contributed by atoms with Gasteiger partial charge in [0.2, 0.25) is 0 Å². The second-order valence-electron chi connectivity index (χ2n) is 3.97. The molecule has 0 radical (unpaired) electrons. The quantitative estimate of drug-likeness (QED) is 0.903. The van der Waals surface area contributed by atoms with Gasteiger partial charge in [0.05, 0.1) is 7.11 Å². The Balaban J connectivity index is 2.59. The Kier molecular flexibility index (Phi) is 3.13. The fourth-order valence-electron chi connectivity index (χ4n) is 1.94. The number of hydrogen-bond donors (Lipinski definition) is 2. The largest absolute Gasteiger partial charge is 0.497 e. The maximum absolute atomic E-state index is 12.8. The van der Waals surface area contributed by atoms with Gasteiger partial charge in [0.15, 0.2) is 5.92 Å². The molecule has 0 aliphatic heterocycles. The van der Waals surface area contributed by atoms with Crippen LogP contribution in [-0.4, -0.2) is 29.3 Å². The van der Waals surface area contributed by atoms with Crippen molar-refractivity contribution in [1.82, 2.24) is 4.98 Å². The number of methoxy groups -OCH3 is 1. The first-order valence-electron chi connectivity index (χ1n) is 5.29. The van der Waals surface area contributed by atoms with E-state index in [0.717, 1.165) is 6.20 Å². The first kappa shape index (κ1) is 13.3. The van der Waals surface area contributed by atoms with E-state index in [0.29, 0.717) is 11.3 Å². The van der Waals surface area contributed by atoms with Crippen molar-refractivity contribution < 1.29 is 27.8 Å². The van der Waals surface area contributed by atoms with Crippen molar-refractivity contribution in [3.8, 4) is 5.75 Å². The van der Waals surface area contributed by atoms with Gasteiger partial charge in [-0.1, -0.05) is 0 Å². The molecular weight excluding hydrogens is 263 g/mol. The minimum Gasteiger partial charge on any atom is -0.497 e. The van der Waals surface area contributed by atoms with E-state index >= 15 is 0 Å². The highest BCUT2D eigenvalue weighted by Gasteiger charge is 2.47. The van der Waals surface area contributed by atoms with E-state index in [-0.39, 0.29) is 10.9 Å². The third-order valence-electron chi connectivity index (χ3n) is 2.81. The molecule has 1 heterocycles. The molecule has 0 aliphatic carbocycles. The Morgan fingerprint density at radius 2 is 2.11 bits per heavy atom. The summed E-state index contributed by atoms with van der Waals surface area (Å²) in [5.74, 6) is -4.00. The van der Waals surface area contributed by atoms with Gasteiger partial charge >= 0.3 is 12.1 Å². The van der Waals surface area contributed by atoms with Crippen molar-refractivity contribution in [3.63, 3.8) is 0 Å². The van der Waals surface area contributed by atoms with E-state index in [2.05, 4.69) is 4.98 Å². The molecule has 1 unspecified atom stereocenters. The molecule has 1 atom stereocenters. The van der Waals surface area contributed by atoms with Crippen molar-refractivity contribution in [2.75, 3.05) is 7.11 Å². The second-order valence-corrected chi connectivity index (χ2v) is 3.97. The summed E-state index contributed by atoms with van der Waals surface area (Å²) in [6.45, 7) is 0. The number of nitrogens with one attached hydrogen (secondary N) is 1. The average molecular weight is 273 g/mol. The summed E-state index contributed by atoms with van der Waals surface area (Å²) in [7, 11) is 1.43. The number of ether oxygens (including phenoxy) is 1. The third-order valence-corrected chi connectivity index (χ3v) is 2.81. The molecule has 1 aromatic heterocycles. The zero-order valence-electron chi connectivity index (χ0n) is 9.78. The summed E-state index contributed by atoms with van der Waals surface area (Å²) in [4.78, 5) is 13.5. The SMILES string of the molecule is COc1ccc2c(C(C(=O)O)C(F)(F)F)c[nH]c2c1. The topological polar surface area (TPSA) is 62.3 Å². The highest BCUT2D eigenvalue weighted by atomic mass is 19.4. The molecule has 0 bridgehead atoms. The lowest BCUT2D eigenvalue weighted by atomic mass is 9.98. The highest BCUT2D eigenvalue weighted by Crippen LogP contribution is 2.38. The summed E-state index contributed by atoms with van der Waals surface area (Å²) < 4.78 is 43.3. The summed E-state index contributed by atoms with van der Waals surface area (Å²) in [6, 6.07) is 4.39. The van der Waals surface area contributed by atoms with Crippen LogP contribution in [0.15, 0.2) is 24.4 Å². The van der Waals surface area contributed by atoms with Crippen molar-refractivity contribution in [1.29, 1.82) is 0 Å². The summed E-state index contributed by atoms with van der Waals surface area (Å²) in [5, 5.41) is 9.00. The maximum atomic E-state index is 12.8. The third kappa shape index (κ3) is 2.35. The van der Waals surface area contributed by atoms with Gasteiger partial charge in [-0.2, -0.15) is 13.2 Å².